The second-order valence-electron chi connectivity index (χ2n) is 14.5. The van der Waals surface area contributed by atoms with Gasteiger partial charge < -0.3 is 4.74 Å². The largest absolute Gasteiger partial charge is 0.457 e. The van der Waals surface area contributed by atoms with Crippen LogP contribution in [0.25, 0.3) is 45.0 Å². The number of rotatable bonds is 4. The Balaban J connectivity index is 1.30. The van der Waals surface area contributed by atoms with E-state index in [0.717, 1.165) is 61.8 Å². The van der Waals surface area contributed by atoms with E-state index in [1.807, 2.05) is 6.07 Å². The van der Waals surface area contributed by atoms with E-state index in [2.05, 4.69) is 190 Å². The molecular weight excluding hydrogens is 645 g/mol. The van der Waals surface area contributed by atoms with Gasteiger partial charge in [0.25, 0.3) is 0 Å². The fourth-order valence-corrected chi connectivity index (χ4v) is 8.98. The van der Waals surface area contributed by atoms with Gasteiger partial charge in [-0.05, 0) is 51.6 Å². The molecule has 1 aromatic heterocycles. The lowest BCUT2D eigenvalue weighted by Gasteiger charge is -2.50. The molecule has 3 heteroatoms. The molecule has 2 aliphatic rings. The van der Waals surface area contributed by atoms with Crippen LogP contribution < -0.4 is 4.74 Å². The Labute approximate surface area is 310 Å². The number of para-hydroxylation sites is 2. The summed E-state index contributed by atoms with van der Waals surface area (Å²) in [5.41, 5.74) is 13.6. The number of hydrogen-bond donors (Lipinski definition) is 0. The molecule has 0 saturated heterocycles. The highest BCUT2D eigenvalue weighted by Gasteiger charge is 2.53. The molecule has 0 bridgehead atoms. The van der Waals surface area contributed by atoms with Crippen LogP contribution in [0.15, 0.2) is 182 Å². The van der Waals surface area contributed by atoms with E-state index in [9.17, 15) is 0 Å². The molecule has 8 aromatic rings. The van der Waals surface area contributed by atoms with E-state index in [1.54, 1.807) is 0 Å². The monoisotopic (exact) mass is 680 g/mol. The highest BCUT2D eigenvalue weighted by molar-refractivity contribution is 5.86. The third kappa shape index (κ3) is 4.67. The third-order valence-corrected chi connectivity index (χ3v) is 11.2. The van der Waals surface area contributed by atoms with Crippen LogP contribution in [-0.2, 0) is 10.8 Å². The van der Waals surface area contributed by atoms with Gasteiger partial charge in [0, 0.05) is 33.2 Å². The standard InChI is InChI=1S/C50H36N2O/c1-49(2)38-25-11-12-26-39(38)50(40-27-13-15-30-45(40)53-46-31-16-14-28-41(46)50)42-29-17-24-37(47(42)49)44-32-43(51-48(52-44)34-20-7-4-8-21-34)36-23-10-9-22-35(36)33-18-5-3-6-19-33/h3-32H,1-2H3. The summed E-state index contributed by atoms with van der Waals surface area (Å²) in [6.07, 6.45) is 0. The van der Waals surface area contributed by atoms with Gasteiger partial charge >= 0.3 is 0 Å². The van der Waals surface area contributed by atoms with Crippen molar-refractivity contribution in [3.05, 3.63) is 215 Å². The number of benzene rings is 7. The zero-order valence-corrected chi connectivity index (χ0v) is 29.6. The van der Waals surface area contributed by atoms with Crippen LogP contribution >= 0.6 is 0 Å². The summed E-state index contributed by atoms with van der Waals surface area (Å²) < 4.78 is 6.66. The van der Waals surface area contributed by atoms with Crippen LogP contribution in [0, 0.1) is 0 Å². The van der Waals surface area contributed by atoms with E-state index in [4.69, 9.17) is 14.7 Å². The van der Waals surface area contributed by atoms with Gasteiger partial charge in [0.1, 0.15) is 11.5 Å². The molecular formula is C50H36N2O. The summed E-state index contributed by atoms with van der Waals surface area (Å²) in [5, 5.41) is 0. The molecule has 1 aliphatic carbocycles. The van der Waals surface area contributed by atoms with Crippen LogP contribution in [0.5, 0.6) is 11.5 Å². The van der Waals surface area contributed by atoms with Gasteiger partial charge in [0.15, 0.2) is 5.82 Å². The summed E-state index contributed by atoms with van der Waals surface area (Å²) in [5.74, 6) is 2.46. The van der Waals surface area contributed by atoms with Crippen molar-refractivity contribution in [2.75, 3.05) is 0 Å². The van der Waals surface area contributed by atoms with Gasteiger partial charge in [-0.1, -0.05) is 178 Å². The Hall–Kier alpha value is -6.58. The molecule has 252 valence electrons. The number of hydrogen-bond acceptors (Lipinski definition) is 3. The molecule has 7 aromatic carbocycles. The highest BCUT2D eigenvalue weighted by Crippen LogP contribution is 2.62. The van der Waals surface area contributed by atoms with Gasteiger partial charge in [0.2, 0.25) is 0 Å². The maximum atomic E-state index is 6.66. The summed E-state index contributed by atoms with van der Waals surface area (Å²) >= 11 is 0. The molecule has 53 heavy (non-hydrogen) atoms. The summed E-state index contributed by atoms with van der Waals surface area (Å²) in [7, 11) is 0. The maximum Gasteiger partial charge on any atom is 0.160 e. The van der Waals surface area contributed by atoms with Crippen LogP contribution in [0.1, 0.15) is 47.2 Å². The number of nitrogens with zero attached hydrogens (tertiary/aromatic N) is 2. The van der Waals surface area contributed by atoms with Gasteiger partial charge in [-0.2, -0.15) is 0 Å². The van der Waals surface area contributed by atoms with E-state index >= 15 is 0 Å². The summed E-state index contributed by atoms with van der Waals surface area (Å²) in [6.45, 7) is 4.73. The summed E-state index contributed by atoms with van der Waals surface area (Å²) in [6, 6.07) is 64.5. The quantitative estimate of drug-likeness (QED) is 0.186. The van der Waals surface area contributed by atoms with E-state index < -0.39 is 5.41 Å². The topological polar surface area (TPSA) is 35.0 Å². The van der Waals surface area contributed by atoms with Crippen molar-refractivity contribution in [2.24, 2.45) is 0 Å². The van der Waals surface area contributed by atoms with E-state index in [0.29, 0.717) is 5.82 Å². The molecule has 0 saturated carbocycles. The fourth-order valence-electron chi connectivity index (χ4n) is 8.98. The molecule has 0 unspecified atom stereocenters. The first kappa shape index (κ1) is 31.2. The second kappa shape index (κ2) is 12.0. The molecule has 1 aliphatic heterocycles. The zero-order chi connectivity index (χ0) is 35.6. The first-order chi connectivity index (χ1) is 26.0. The molecule has 0 fully saturated rings. The molecule has 3 nitrogen and oxygen atoms in total. The maximum absolute atomic E-state index is 6.66. The van der Waals surface area contributed by atoms with Gasteiger partial charge in [-0.15, -0.1) is 0 Å². The van der Waals surface area contributed by atoms with Gasteiger partial charge in [0.05, 0.1) is 16.8 Å². The lowest BCUT2D eigenvalue weighted by Crippen LogP contribution is -2.43. The van der Waals surface area contributed by atoms with E-state index in [-0.39, 0.29) is 5.41 Å². The smallest absolute Gasteiger partial charge is 0.160 e. The Bertz CT molecular complexity index is 2630. The molecule has 2 heterocycles. The first-order valence-corrected chi connectivity index (χ1v) is 18.3. The van der Waals surface area contributed by atoms with Gasteiger partial charge in [-0.3, -0.25) is 0 Å². The minimum absolute atomic E-state index is 0.365. The van der Waals surface area contributed by atoms with Crippen LogP contribution in [-0.4, -0.2) is 9.97 Å². The fraction of sp³-hybridized carbons (Fsp3) is 0.0800. The first-order valence-electron chi connectivity index (χ1n) is 18.3. The lowest BCUT2D eigenvalue weighted by molar-refractivity contribution is 0.425. The normalized spacial score (nSPS) is 14.3. The minimum atomic E-state index is -0.610. The summed E-state index contributed by atoms with van der Waals surface area (Å²) in [4.78, 5) is 10.7. The average molecular weight is 681 g/mol. The second-order valence-corrected chi connectivity index (χ2v) is 14.5. The molecule has 0 radical (unpaired) electrons. The van der Waals surface area contributed by atoms with E-state index in [1.165, 1.54) is 22.3 Å². The number of aromatic nitrogens is 2. The van der Waals surface area contributed by atoms with Crippen molar-refractivity contribution < 1.29 is 4.74 Å². The molecule has 1 spiro atoms. The van der Waals surface area contributed by atoms with Crippen molar-refractivity contribution in [1.29, 1.82) is 0 Å². The van der Waals surface area contributed by atoms with Crippen molar-refractivity contribution in [2.45, 2.75) is 24.7 Å². The molecule has 0 N–H and O–H groups in total. The van der Waals surface area contributed by atoms with Crippen molar-refractivity contribution in [3.8, 4) is 56.5 Å². The molecule has 0 amide bonds. The van der Waals surface area contributed by atoms with Crippen molar-refractivity contribution in [3.63, 3.8) is 0 Å². The van der Waals surface area contributed by atoms with Crippen LogP contribution in [0.3, 0.4) is 0 Å². The highest BCUT2D eigenvalue weighted by atomic mass is 16.5. The van der Waals surface area contributed by atoms with Crippen molar-refractivity contribution >= 4 is 0 Å². The third-order valence-electron chi connectivity index (χ3n) is 11.2. The molecule has 0 atom stereocenters. The molecule has 10 rings (SSSR count). The lowest BCUT2D eigenvalue weighted by atomic mass is 9.53. The van der Waals surface area contributed by atoms with Crippen LogP contribution in [0.2, 0.25) is 0 Å². The SMILES string of the molecule is CC1(C)c2ccccc2C2(c3ccccc3Oc3ccccc32)c2cccc(-c3cc(-c4ccccc4-c4ccccc4)nc(-c4ccccc4)n3)c21. The van der Waals surface area contributed by atoms with Crippen LogP contribution in [0.4, 0.5) is 0 Å². The minimum Gasteiger partial charge on any atom is -0.457 e. The predicted molar refractivity (Wildman–Crippen MR) is 214 cm³/mol. The Morgan fingerprint density at radius 2 is 0.868 bits per heavy atom. The predicted octanol–water partition coefficient (Wildman–Crippen LogP) is 12.3. The average Bonchev–Trinajstić information content (AvgIpc) is 3.23. The van der Waals surface area contributed by atoms with Gasteiger partial charge in [-0.25, -0.2) is 9.97 Å². The number of ether oxygens (including phenoxy) is 1. The number of fused-ring (bicyclic) bond motifs is 8. The Morgan fingerprint density at radius 3 is 1.53 bits per heavy atom. The Kier molecular flexibility index (Phi) is 7.06. The Morgan fingerprint density at radius 1 is 0.396 bits per heavy atom. The van der Waals surface area contributed by atoms with Crippen molar-refractivity contribution in [1.82, 2.24) is 9.97 Å². The zero-order valence-electron chi connectivity index (χ0n) is 29.6.